The van der Waals surface area contributed by atoms with Gasteiger partial charge in [-0.05, 0) is 11.6 Å². The van der Waals surface area contributed by atoms with Crippen molar-refractivity contribution in [2.75, 3.05) is 0 Å². The first-order chi connectivity index (χ1) is 5.86. The molecular weight excluding hydrogens is 150 g/mol. The zero-order valence-corrected chi connectivity index (χ0v) is 6.99. The van der Waals surface area contributed by atoms with Crippen molar-refractivity contribution >= 4 is 0 Å². The van der Waals surface area contributed by atoms with Gasteiger partial charge < -0.3 is 4.74 Å². The van der Waals surface area contributed by atoms with Gasteiger partial charge in [-0.3, -0.25) is 4.98 Å². The van der Waals surface area contributed by atoms with E-state index in [0.29, 0.717) is 6.61 Å². The predicted molar refractivity (Wildman–Crippen MR) is 48.3 cm³/mol. The molecule has 0 atom stereocenters. The number of pyridine rings is 1. The van der Waals surface area contributed by atoms with Crippen LogP contribution in [0.25, 0.3) is 0 Å². The summed E-state index contributed by atoms with van der Waals surface area (Å²) in [7, 11) is 3.30. The normalized spacial score (nSPS) is 9.75. The topological polar surface area (TPSA) is 22.1 Å². The van der Waals surface area contributed by atoms with Crippen LogP contribution in [0.4, 0.5) is 0 Å². The lowest BCUT2D eigenvalue weighted by Crippen LogP contribution is -1.91. The summed E-state index contributed by atoms with van der Waals surface area (Å²) in [5.41, 5.74) is 2.07. The molecule has 0 bridgehead atoms. The Kier molecular flexibility index (Phi) is 3.48. The van der Waals surface area contributed by atoms with E-state index in [1.54, 1.807) is 6.20 Å². The first-order valence-electron chi connectivity index (χ1n) is 3.78. The van der Waals surface area contributed by atoms with Crippen molar-refractivity contribution in [2.45, 2.75) is 13.0 Å². The Morgan fingerprint density at radius 1 is 1.50 bits per heavy atom. The SMILES string of the molecule is [CH2]OCc1ccc(CC=C)nc1. The maximum absolute atomic E-state index is 4.72. The largest absolute Gasteiger partial charge is 0.374 e. The van der Waals surface area contributed by atoms with Crippen LogP contribution in [0.3, 0.4) is 0 Å². The van der Waals surface area contributed by atoms with Crippen molar-refractivity contribution < 1.29 is 4.74 Å². The standard InChI is InChI=1S/C10H12NO/c1-3-4-10-6-5-9(7-11-10)8-12-2/h3,5-7H,1-2,4,8H2. The Hall–Kier alpha value is -1.15. The average molecular weight is 162 g/mol. The molecule has 2 heteroatoms. The Balaban J connectivity index is 2.64. The second-order valence-electron chi connectivity index (χ2n) is 2.50. The highest BCUT2D eigenvalue weighted by atomic mass is 16.5. The number of hydrogen-bond acceptors (Lipinski definition) is 2. The monoisotopic (exact) mass is 162 g/mol. The summed E-state index contributed by atoms with van der Waals surface area (Å²) in [6.07, 6.45) is 4.44. The molecular formula is C10H12NO. The first kappa shape index (κ1) is 8.94. The van der Waals surface area contributed by atoms with E-state index in [0.717, 1.165) is 17.7 Å². The molecule has 0 spiro atoms. The van der Waals surface area contributed by atoms with Gasteiger partial charge in [0.2, 0.25) is 0 Å². The molecule has 0 fully saturated rings. The van der Waals surface area contributed by atoms with Crippen LogP contribution in [0.5, 0.6) is 0 Å². The van der Waals surface area contributed by atoms with Gasteiger partial charge >= 0.3 is 0 Å². The minimum atomic E-state index is 0.515. The number of ether oxygens (including phenoxy) is 1. The number of rotatable bonds is 4. The Bertz CT molecular complexity index is 241. The number of nitrogens with zero attached hydrogens (tertiary/aromatic N) is 1. The van der Waals surface area contributed by atoms with Crippen molar-refractivity contribution in [3.8, 4) is 0 Å². The van der Waals surface area contributed by atoms with E-state index in [-0.39, 0.29) is 0 Å². The summed E-state index contributed by atoms with van der Waals surface area (Å²) < 4.78 is 4.72. The van der Waals surface area contributed by atoms with E-state index in [1.807, 2.05) is 18.2 Å². The molecule has 0 aromatic carbocycles. The van der Waals surface area contributed by atoms with E-state index >= 15 is 0 Å². The Labute approximate surface area is 72.9 Å². The summed E-state index contributed by atoms with van der Waals surface area (Å²) in [5, 5.41) is 0. The van der Waals surface area contributed by atoms with Gasteiger partial charge in [-0.2, -0.15) is 0 Å². The lowest BCUT2D eigenvalue weighted by atomic mass is 10.2. The minimum Gasteiger partial charge on any atom is -0.374 e. The van der Waals surface area contributed by atoms with Crippen LogP contribution >= 0.6 is 0 Å². The summed E-state index contributed by atoms with van der Waals surface area (Å²) in [6, 6.07) is 3.95. The third-order valence-electron chi connectivity index (χ3n) is 1.51. The van der Waals surface area contributed by atoms with Gasteiger partial charge in [0, 0.05) is 18.3 Å². The number of hydrogen-bond donors (Lipinski definition) is 0. The van der Waals surface area contributed by atoms with Gasteiger partial charge in [-0.25, -0.2) is 0 Å². The van der Waals surface area contributed by atoms with Crippen molar-refractivity contribution in [1.82, 2.24) is 4.98 Å². The Morgan fingerprint density at radius 2 is 2.33 bits per heavy atom. The average Bonchev–Trinajstić information content (AvgIpc) is 2.09. The molecule has 0 aliphatic heterocycles. The molecule has 0 saturated carbocycles. The third kappa shape index (κ3) is 2.47. The van der Waals surface area contributed by atoms with Crippen LogP contribution in [0.2, 0.25) is 0 Å². The minimum absolute atomic E-state index is 0.515. The van der Waals surface area contributed by atoms with Gasteiger partial charge in [-0.15, -0.1) is 6.58 Å². The van der Waals surface area contributed by atoms with Crippen LogP contribution in [-0.2, 0) is 17.8 Å². The van der Waals surface area contributed by atoms with Gasteiger partial charge in [-0.1, -0.05) is 12.1 Å². The second-order valence-corrected chi connectivity index (χ2v) is 2.50. The predicted octanol–water partition coefficient (Wildman–Crippen LogP) is 2.12. The van der Waals surface area contributed by atoms with Gasteiger partial charge in [0.15, 0.2) is 0 Å². The molecule has 0 unspecified atom stereocenters. The van der Waals surface area contributed by atoms with E-state index in [4.69, 9.17) is 4.74 Å². The summed E-state index contributed by atoms with van der Waals surface area (Å²) >= 11 is 0. The molecule has 0 saturated heterocycles. The fourth-order valence-corrected chi connectivity index (χ4v) is 0.927. The highest BCUT2D eigenvalue weighted by Crippen LogP contribution is 2.02. The summed E-state index contributed by atoms with van der Waals surface area (Å²) in [5.74, 6) is 0. The maximum Gasteiger partial charge on any atom is 0.0732 e. The van der Waals surface area contributed by atoms with Crippen molar-refractivity contribution in [3.05, 3.63) is 49.4 Å². The lowest BCUT2D eigenvalue weighted by Gasteiger charge is -1.99. The molecule has 0 amide bonds. The van der Waals surface area contributed by atoms with Crippen molar-refractivity contribution in [2.24, 2.45) is 0 Å². The van der Waals surface area contributed by atoms with Crippen LogP contribution in [0, 0.1) is 7.11 Å². The van der Waals surface area contributed by atoms with Gasteiger partial charge in [0.05, 0.1) is 13.7 Å². The molecule has 0 N–H and O–H groups in total. The fraction of sp³-hybridized carbons (Fsp3) is 0.200. The van der Waals surface area contributed by atoms with Crippen molar-refractivity contribution in [1.29, 1.82) is 0 Å². The number of allylic oxidation sites excluding steroid dienone is 1. The zero-order chi connectivity index (χ0) is 8.81. The zero-order valence-electron chi connectivity index (χ0n) is 6.99. The molecule has 0 aliphatic carbocycles. The van der Waals surface area contributed by atoms with E-state index in [9.17, 15) is 0 Å². The summed E-state index contributed by atoms with van der Waals surface area (Å²) in [4.78, 5) is 4.21. The molecule has 1 aromatic rings. The molecule has 1 heterocycles. The maximum atomic E-state index is 4.72. The quantitative estimate of drug-likeness (QED) is 0.632. The number of aromatic nitrogens is 1. The van der Waals surface area contributed by atoms with Crippen LogP contribution < -0.4 is 0 Å². The van der Waals surface area contributed by atoms with Crippen LogP contribution in [-0.4, -0.2) is 4.98 Å². The van der Waals surface area contributed by atoms with E-state index < -0.39 is 0 Å². The van der Waals surface area contributed by atoms with E-state index in [2.05, 4.69) is 18.7 Å². The van der Waals surface area contributed by atoms with Crippen LogP contribution in [0.1, 0.15) is 11.3 Å². The van der Waals surface area contributed by atoms with E-state index in [1.165, 1.54) is 0 Å². The van der Waals surface area contributed by atoms with Crippen LogP contribution in [0.15, 0.2) is 31.0 Å². The molecule has 1 radical (unpaired) electrons. The third-order valence-corrected chi connectivity index (χ3v) is 1.51. The fourth-order valence-electron chi connectivity index (χ4n) is 0.927. The molecule has 0 aliphatic rings. The molecule has 1 aromatic heterocycles. The molecule has 2 nitrogen and oxygen atoms in total. The van der Waals surface area contributed by atoms with Gasteiger partial charge in [0.25, 0.3) is 0 Å². The smallest absolute Gasteiger partial charge is 0.0732 e. The van der Waals surface area contributed by atoms with Gasteiger partial charge in [0.1, 0.15) is 0 Å². The highest BCUT2D eigenvalue weighted by Gasteiger charge is 1.93. The first-order valence-corrected chi connectivity index (χ1v) is 3.78. The molecule has 12 heavy (non-hydrogen) atoms. The lowest BCUT2D eigenvalue weighted by molar-refractivity contribution is 0.228. The Morgan fingerprint density at radius 3 is 2.83 bits per heavy atom. The van der Waals surface area contributed by atoms with Crippen molar-refractivity contribution in [3.63, 3.8) is 0 Å². The highest BCUT2D eigenvalue weighted by molar-refractivity contribution is 5.14. The second kappa shape index (κ2) is 4.67. The molecule has 1 rings (SSSR count). The summed E-state index contributed by atoms with van der Waals surface area (Å²) in [6.45, 7) is 4.16. The molecule has 63 valence electrons.